The molecule has 172 valence electrons. The summed E-state index contributed by atoms with van der Waals surface area (Å²) >= 11 is 0. The Balaban J connectivity index is 2.01. The van der Waals surface area contributed by atoms with Gasteiger partial charge in [-0.05, 0) is 45.0 Å². The van der Waals surface area contributed by atoms with Crippen LogP contribution in [0.3, 0.4) is 0 Å². The fourth-order valence-corrected chi connectivity index (χ4v) is 3.49. The van der Waals surface area contributed by atoms with Gasteiger partial charge in [0.2, 0.25) is 0 Å². The third kappa shape index (κ3) is 5.64. The number of nitrogens with zero attached hydrogens (tertiary/aromatic N) is 2. The van der Waals surface area contributed by atoms with Crippen molar-refractivity contribution in [1.29, 1.82) is 0 Å². The van der Waals surface area contributed by atoms with Gasteiger partial charge in [0.15, 0.2) is 0 Å². The number of benzene rings is 1. The van der Waals surface area contributed by atoms with Crippen molar-refractivity contribution >= 4 is 22.7 Å². The first kappa shape index (κ1) is 23.7. The predicted octanol–water partition coefficient (Wildman–Crippen LogP) is 4.54. The highest BCUT2D eigenvalue weighted by molar-refractivity contribution is 7.85. The molecule has 0 unspecified atom stereocenters. The number of hydrogen-bond acceptors (Lipinski definition) is 6. The second-order valence-electron chi connectivity index (χ2n) is 7.88. The van der Waals surface area contributed by atoms with Crippen molar-refractivity contribution in [3.8, 4) is 11.5 Å². The van der Waals surface area contributed by atoms with Gasteiger partial charge in [0.05, 0.1) is 28.8 Å². The van der Waals surface area contributed by atoms with Crippen LogP contribution in [0.1, 0.15) is 54.9 Å². The lowest BCUT2D eigenvalue weighted by molar-refractivity contribution is -0.274. The van der Waals surface area contributed by atoms with Crippen molar-refractivity contribution in [2.45, 2.75) is 44.4 Å². The molecule has 0 radical (unpaired) electrons. The molecule has 0 aliphatic carbocycles. The van der Waals surface area contributed by atoms with Gasteiger partial charge in [-0.2, -0.15) is 4.40 Å². The molecule has 1 aromatic carbocycles. The predicted molar refractivity (Wildman–Crippen MR) is 111 cm³/mol. The molecule has 1 aliphatic rings. The molecule has 7 nitrogen and oxygen atoms in total. The number of aromatic nitrogens is 1. The van der Waals surface area contributed by atoms with Crippen LogP contribution in [0, 0.1) is 0 Å². The van der Waals surface area contributed by atoms with Gasteiger partial charge in [0.25, 0.3) is 0 Å². The maximum atomic E-state index is 12.7. The average Bonchev–Trinajstić information content (AvgIpc) is 2.71. The van der Waals surface area contributed by atoms with E-state index in [-0.39, 0.29) is 17.7 Å². The Morgan fingerprint density at radius 1 is 1.22 bits per heavy atom. The van der Waals surface area contributed by atoms with Gasteiger partial charge in [-0.3, -0.25) is 4.98 Å². The Morgan fingerprint density at radius 2 is 1.94 bits per heavy atom. The highest BCUT2D eigenvalue weighted by Crippen LogP contribution is 2.38. The van der Waals surface area contributed by atoms with E-state index in [1.165, 1.54) is 25.4 Å². The number of halogens is 3. The van der Waals surface area contributed by atoms with E-state index >= 15 is 0 Å². The molecule has 0 fully saturated rings. The zero-order valence-corrected chi connectivity index (χ0v) is 18.5. The van der Waals surface area contributed by atoms with Gasteiger partial charge < -0.3 is 14.2 Å². The van der Waals surface area contributed by atoms with Crippen molar-refractivity contribution in [2.24, 2.45) is 4.40 Å². The quantitative estimate of drug-likeness (QED) is 0.610. The lowest BCUT2D eigenvalue weighted by Gasteiger charge is -2.28. The maximum absolute atomic E-state index is 12.7. The van der Waals surface area contributed by atoms with E-state index in [0.717, 1.165) is 12.1 Å². The molecule has 11 heteroatoms. The molecule has 0 saturated heterocycles. The van der Waals surface area contributed by atoms with Crippen molar-refractivity contribution in [2.75, 3.05) is 7.11 Å². The van der Waals surface area contributed by atoms with E-state index in [4.69, 9.17) is 4.74 Å². The SMILES string of the molecule is COC(=O)c1ccc([C@H]2CC(=N[S@@](=O)C(C)(C)C)c3ccc(OC(F)(F)F)cc3O2)nc1. The van der Waals surface area contributed by atoms with E-state index in [1.807, 2.05) is 0 Å². The van der Waals surface area contributed by atoms with Crippen molar-refractivity contribution in [1.82, 2.24) is 4.98 Å². The van der Waals surface area contributed by atoms with Gasteiger partial charge in [-0.25, -0.2) is 9.00 Å². The summed E-state index contributed by atoms with van der Waals surface area (Å²) in [5.74, 6) is -0.926. The highest BCUT2D eigenvalue weighted by atomic mass is 32.2. The van der Waals surface area contributed by atoms with Crippen LogP contribution in [0.25, 0.3) is 0 Å². The molecule has 0 bridgehead atoms. The summed E-state index contributed by atoms with van der Waals surface area (Å²) in [6.07, 6.45) is -4.10. The van der Waals surface area contributed by atoms with Gasteiger partial charge in [0.1, 0.15) is 28.6 Å². The summed E-state index contributed by atoms with van der Waals surface area (Å²) in [7, 11) is -0.360. The van der Waals surface area contributed by atoms with Gasteiger partial charge in [0, 0.05) is 24.2 Å². The summed E-state index contributed by atoms with van der Waals surface area (Å²) in [5, 5.41) is 0. The van der Waals surface area contributed by atoms with Crippen LogP contribution >= 0.6 is 0 Å². The molecular formula is C21H21F3N2O5S. The number of alkyl halides is 3. The summed E-state index contributed by atoms with van der Waals surface area (Å²) in [6, 6.07) is 6.69. The van der Waals surface area contributed by atoms with E-state index in [0.29, 0.717) is 17.0 Å². The average molecular weight is 470 g/mol. The minimum Gasteiger partial charge on any atom is -0.483 e. The molecule has 2 heterocycles. The zero-order chi connectivity index (χ0) is 23.7. The first-order valence-electron chi connectivity index (χ1n) is 9.48. The Kier molecular flexibility index (Phi) is 6.59. The lowest BCUT2D eigenvalue weighted by atomic mass is 9.97. The molecule has 1 aliphatic heterocycles. The molecule has 0 amide bonds. The second kappa shape index (κ2) is 8.89. The van der Waals surface area contributed by atoms with Gasteiger partial charge in [-0.15, -0.1) is 13.2 Å². The molecule has 0 spiro atoms. The number of pyridine rings is 1. The minimum absolute atomic E-state index is 0.0894. The van der Waals surface area contributed by atoms with Gasteiger partial charge in [-0.1, -0.05) is 0 Å². The molecule has 1 aromatic heterocycles. The molecule has 2 aromatic rings. The number of rotatable bonds is 4. The van der Waals surface area contributed by atoms with Gasteiger partial charge >= 0.3 is 12.3 Å². The molecule has 0 N–H and O–H groups in total. The van der Waals surface area contributed by atoms with Crippen molar-refractivity contribution in [3.63, 3.8) is 0 Å². The Bertz CT molecular complexity index is 1060. The largest absolute Gasteiger partial charge is 0.573 e. The number of fused-ring (bicyclic) bond motifs is 1. The van der Waals surface area contributed by atoms with Crippen LogP contribution < -0.4 is 9.47 Å². The first-order valence-corrected chi connectivity index (χ1v) is 10.6. The molecule has 3 rings (SSSR count). The molecule has 0 saturated carbocycles. The highest BCUT2D eigenvalue weighted by Gasteiger charge is 2.33. The Morgan fingerprint density at radius 3 is 2.50 bits per heavy atom. The third-order valence-corrected chi connectivity index (χ3v) is 5.83. The topological polar surface area (TPSA) is 87.1 Å². The molecular weight excluding hydrogens is 449 g/mol. The van der Waals surface area contributed by atoms with Crippen molar-refractivity contribution < 1.29 is 36.4 Å². The van der Waals surface area contributed by atoms with Crippen LogP contribution in [0.5, 0.6) is 11.5 Å². The summed E-state index contributed by atoms with van der Waals surface area (Å²) in [5.41, 5.74) is 1.47. The monoisotopic (exact) mass is 470 g/mol. The lowest BCUT2D eigenvalue weighted by Crippen LogP contribution is -2.26. The molecule has 2 atom stereocenters. The zero-order valence-electron chi connectivity index (χ0n) is 17.7. The summed E-state index contributed by atoms with van der Waals surface area (Å²) in [4.78, 5) is 15.9. The van der Waals surface area contributed by atoms with Crippen LogP contribution in [-0.4, -0.2) is 39.1 Å². The fraction of sp³-hybridized carbons (Fsp3) is 0.381. The van der Waals surface area contributed by atoms with Crippen molar-refractivity contribution in [3.05, 3.63) is 53.3 Å². The number of ether oxygens (including phenoxy) is 3. The smallest absolute Gasteiger partial charge is 0.483 e. The van der Waals surface area contributed by atoms with E-state index in [1.54, 1.807) is 26.8 Å². The van der Waals surface area contributed by atoms with Crippen LogP contribution in [0.15, 0.2) is 40.9 Å². The third-order valence-electron chi connectivity index (χ3n) is 4.40. The summed E-state index contributed by atoms with van der Waals surface area (Å²) in [6.45, 7) is 5.29. The first-order chi connectivity index (χ1) is 14.9. The molecule has 32 heavy (non-hydrogen) atoms. The minimum atomic E-state index is -4.86. The van der Waals surface area contributed by atoms with Crippen LogP contribution in [-0.2, 0) is 15.7 Å². The summed E-state index contributed by atoms with van der Waals surface area (Å²) < 4.78 is 68.8. The number of esters is 1. The number of carbonyl (C=O) groups is 1. The van der Waals surface area contributed by atoms with Crippen LogP contribution in [0.2, 0.25) is 0 Å². The Labute approximate surface area is 185 Å². The number of hydrogen-bond donors (Lipinski definition) is 0. The van der Waals surface area contributed by atoms with E-state index in [9.17, 15) is 22.2 Å². The maximum Gasteiger partial charge on any atom is 0.573 e. The van der Waals surface area contributed by atoms with E-state index in [2.05, 4.69) is 18.9 Å². The standard InChI is InChI=1S/C21H21F3N2O5S/c1-20(2,3)32(28)26-16-10-18(15-8-5-12(11-25-15)19(27)29-4)30-17-9-13(6-7-14(16)17)31-21(22,23)24/h5-9,11,18H,10H2,1-4H3/t18-,32+/m1/s1. The number of carbonyl (C=O) groups excluding carboxylic acids is 1. The van der Waals surface area contributed by atoms with E-state index < -0.39 is 39.9 Å². The fourth-order valence-electron chi connectivity index (χ4n) is 2.84. The second-order valence-corrected chi connectivity index (χ2v) is 9.78. The Hall–Kier alpha value is -2.95. The number of methoxy groups -OCH3 is 1. The van der Waals surface area contributed by atoms with Crippen LogP contribution in [0.4, 0.5) is 13.2 Å². The normalized spacial score (nSPS) is 18.5.